The Morgan fingerprint density at radius 3 is 2.64 bits per heavy atom. The molecule has 0 radical (unpaired) electrons. The molecule has 6 heteroatoms. The SMILES string of the molecule is COc1cc(Cl)cc(CCl)c1[N+](=O)[O-]. The number of alkyl halides is 1. The Bertz CT molecular complexity index is 343. The molecule has 14 heavy (non-hydrogen) atoms. The second kappa shape index (κ2) is 4.48. The van der Waals surface area contributed by atoms with Gasteiger partial charge in [-0.1, -0.05) is 11.6 Å². The molecule has 4 nitrogen and oxygen atoms in total. The van der Waals surface area contributed by atoms with Gasteiger partial charge in [-0.15, -0.1) is 11.6 Å². The van der Waals surface area contributed by atoms with Crippen molar-refractivity contribution in [2.45, 2.75) is 5.88 Å². The summed E-state index contributed by atoms with van der Waals surface area (Å²) in [5, 5.41) is 11.1. The normalized spacial score (nSPS) is 9.93. The number of benzene rings is 1. The Hall–Kier alpha value is -1.00. The molecule has 0 aromatic heterocycles. The Kier molecular flexibility index (Phi) is 3.55. The molecule has 0 saturated carbocycles. The van der Waals surface area contributed by atoms with Crippen LogP contribution in [0.3, 0.4) is 0 Å². The molecule has 0 atom stereocenters. The summed E-state index contributed by atoms with van der Waals surface area (Å²) < 4.78 is 4.85. The molecule has 0 aliphatic carbocycles. The fourth-order valence-corrected chi connectivity index (χ4v) is 1.53. The van der Waals surface area contributed by atoms with Crippen molar-refractivity contribution in [1.29, 1.82) is 0 Å². The van der Waals surface area contributed by atoms with E-state index in [9.17, 15) is 10.1 Å². The Labute approximate surface area is 90.5 Å². The number of rotatable bonds is 3. The summed E-state index contributed by atoms with van der Waals surface area (Å²) in [4.78, 5) is 10.2. The third kappa shape index (κ3) is 2.08. The van der Waals surface area contributed by atoms with Crippen LogP contribution >= 0.6 is 23.2 Å². The highest BCUT2D eigenvalue weighted by Gasteiger charge is 2.20. The second-order valence-electron chi connectivity index (χ2n) is 2.51. The lowest BCUT2D eigenvalue weighted by Gasteiger charge is -2.05. The fourth-order valence-electron chi connectivity index (χ4n) is 1.09. The van der Waals surface area contributed by atoms with Gasteiger partial charge in [0.2, 0.25) is 0 Å². The minimum atomic E-state index is -0.535. The Morgan fingerprint density at radius 2 is 2.21 bits per heavy atom. The molecule has 0 saturated heterocycles. The predicted octanol–water partition coefficient (Wildman–Crippen LogP) is 3.00. The largest absolute Gasteiger partial charge is 0.490 e. The Balaban J connectivity index is 3.40. The van der Waals surface area contributed by atoms with E-state index in [1.165, 1.54) is 19.2 Å². The summed E-state index contributed by atoms with van der Waals surface area (Å²) in [5.74, 6) is 0.144. The maximum Gasteiger partial charge on any atom is 0.315 e. The molecule has 0 N–H and O–H groups in total. The topological polar surface area (TPSA) is 52.4 Å². The lowest BCUT2D eigenvalue weighted by molar-refractivity contribution is -0.386. The molecule has 76 valence electrons. The summed E-state index contributed by atoms with van der Waals surface area (Å²) in [6, 6.07) is 2.84. The molecule has 0 spiro atoms. The maximum absolute atomic E-state index is 10.7. The first-order valence-electron chi connectivity index (χ1n) is 3.67. The van der Waals surface area contributed by atoms with Crippen molar-refractivity contribution < 1.29 is 9.66 Å². The monoisotopic (exact) mass is 235 g/mol. The van der Waals surface area contributed by atoms with Crippen LogP contribution in [0.2, 0.25) is 5.02 Å². The fraction of sp³-hybridized carbons (Fsp3) is 0.250. The quantitative estimate of drug-likeness (QED) is 0.460. The minimum Gasteiger partial charge on any atom is -0.490 e. The van der Waals surface area contributed by atoms with Gasteiger partial charge in [0.05, 0.1) is 23.5 Å². The van der Waals surface area contributed by atoms with Crippen molar-refractivity contribution in [3.8, 4) is 5.75 Å². The molecule has 0 aliphatic rings. The molecule has 1 aromatic rings. The molecule has 0 bridgehead atoms. The van der Waals surface area contributed by atoms with E-state index in [2.05, 4.69) is 0 Å². The molecule has 0 unspecified atom stereocenters. The number of ether oxygens (including phenoxy) is 1. The van der Waals surface area contributed by atoms with E-state index in [-0.39, 0.29) is 17.3 Å². The standard InChI is InChI=1S/C8H7Cl2NO3/c1-14-7-3-6(10)2-5(4-9)8(7)11(12)13/h2-3H,4H2,1H3. The zero-order valence-corrected chi connectivity index (χ0v) is 8.80. The minimum absolute atomic E-state index is 0.0211. The van der Waals surface area contributed by atoms with E-state index in [0.717, 1.165) is 0 Å². The maximum atomic E-state index is 10.7. The molecule has 1 rings (SSSR count). The summed E-state index contributed by atoms with van der Waals surface area (Å²) in [5.41, 5.74) is 0.216. The first kappa shape index (κ1) is 11.1. The van der Waals surface area contributed by atoms with Crippen LogP contribution in [0.5, 0.6) is 5.75 Å². The molecule has 0 amide bonds. The van der Waals surface area contributed by atoms with Crippen LogP contribution in [0.1, 0.15) is 5.56 Å². The van der Waals surface area contributed by atoms with Gasteiger partial charge >= 0.3 is 5.69 Å². The van der Waals surface area contributed by atoms with Crippen molar-refractivity contribution in [2.24, 2.45) is 0 Å². The summed E-state index contributed by atoms with van der Waals surface area (Å²) in [6.07, 6.45) is 0. The van der Waals surface area contributed by atoms with Crippen molar-refractivity contribution >= 4 is 28.9 Å². The van der Waals surface area contributed by atoms with Gasteiger partial charge in [-0.2, -0.15) is 0 Å². The van der Waals surface area contributed by atoms with Crippen molar-refractivity contribution in [3.05, 3.63) is 32.8 Å². The zero-order valence-electron chi connectivity index (χ0n) is 7.29. The second-order valence-corrected chi connectivity index (χ2v) is 3.21. The van der Waals surface area contributed by atoms with Gasteiger partial charge in [0.15, 0.2) is 5.75 Å². The van der Waals surface area contributed by atoms with Crippen LogP contribution in [0.4, 0.5) is 5.69 Å². The van der Waals surface area contributed by atoms with Crippen LogP contribution in [0.15, 0.2) is 12.1 Å². The lowest BCUT2D eigenvalue weighted by Crippen LogP contribution is -1.97. The van der Waals surface area contributed by atoms with Gasteiger partial charge in [-0.3, -0.25) is 10.1 Å². The van der Waals surface area contributed by atoms with Crippen LogP contribution in [-0.4, -0.2) is 12.0 Å². The molecule has 0 heterocycles. The van der Waals surface area contributed by atoms with Gasteiger partial charge in [0.25, 0.3) is 0 Å². The number of hydrogen-bond acceptors (Lipinski definition) is 3. The molecular formula is C8H7Cl2NO3. The zero-order chi connectivity index (χ0) is 10.7. The van der Waals surface area contributed by atoms with Crippen LogP contribution in [0, 0.1) is 10.1 Å². The average molecular weight is 236 g/mol. The van der Waals surface area contributed by atoms with E-state index in [1.807, 2.05) is 0 Å². The molecule has 0 aliphatic heterocycles. The van der Waals surface area contributed by atoms with Crippen LogP contribution in [0.25, 0.3) is 0 Å². The van der Waals surface area contributed by atoms with E-state index >= 15 is 0 Å². The summed E-state index contributed by atoms with van der Waals surface area (Å²) in [6.45, 7) is 0. The van der Waals surface area contributed by atoms with Gasteiger partial charge in [-0.25, -0.2) is 0 Å². The number of hydrogen-bond donors (Lipinski definition) is 0. The van der Waals surface area contributed by atoms with Gasteiger partial charge < -0.3 is 4.74 Å². The lowest BCUT2D eigenvalue weighted by atomic mass is 10.2. The van der Waals surface area contributed by atoms with Gasteiger partial charge in [0.1, 0.15) is 0 Å². The molecular weight excluding hydrogens is 229 g/mol. The first-order chi connectivity index (χ1) is 6.60. The van der Waals surface area contributed by atoms with Crippen LogP contribution < -0.4 is 4.74 Å². The van der Waals surface area contributed by atoms with Crippen LogP contribution in [-0.2, 0) is 5.88 Å². The predicted molar refractivity (Wildman–Crippen MR) is 54.2 cm³/mol. The smallest absolute Gasteiger partial charge is 0.315 e. The number of nitro groups is 1. The first-order valence-corrected chi connectivity index (χ1v) is 4.58. The summed E-state index contributed by atoms with van der Waals surface area (Å²) >= 11 is 11.3. The number of nitro benzene ring substituents is 1. The van der Waals surface area contributed by atoms with Gasteiger partial charge in [0, 0.05) is 11.1 Å². The highest BCUT2D eigenvalue weighted by Crippen LogP contribution is 2.34. The van der Waals surface area contributed by atoms with E-state index in [1.54, 1.807) is 0 Å². The summed E-state index contributed by atoms with van der Waals surface area (Å²) in [7, 11) is 1.34. The van der Waals surface area contributed by atoms with E-state index in [4.69, 9.17) is 27.9 Å². The van der Waals surface area contributed by atoms with Gasteiger partial charge in [-0.05, 0) is 6.07 Å². The van der Waals surface area contributed by atoms with Crippen molar-refractivity contribution in [2.75, 3.05) is 7.11 Å². The third-order valence-corrected chi connectivity index (χ3v) is 2.17. The Morgan fingerprint density at radius 1 is 1.57 bits per heavy atom. The molecule has 1 aromatic carbocycles. The number of halogens is 2. The van der Waals surface area contributed by atoms with E-state index in [0.29, 0.717) is 10.6 Å². The average Bonchev–Trinajstić information content (AvgIpc) is 2.15. The number of methoxy groups -OCH3 is 1. The van der Waals surface area contributed by atoms with Crippen molar-refractivity contribution in [3.63, 3.8) is 0 Å². The number of nitrogens with zero attached hydrogens (tertiary/aromatic N) is 1. The molecule has 0 fully saturated rings. The highest BCUT2D eigenvalue weighted by molar-refractivity contribution is 6.31. The van der Waals surface area contributed by atoms with E-state index < -0.39 is 4.92 Å². The third-order valence-electron chi connectivity index (χ3n) is 1.67. The highest BCUT2D eigenvalue weighted by atomic mass is 35.5. The van der Waals surface area contributed by atoms with Crippen molar-refractivity contribution in [1.82, 2.24) is 0 Å².